The third kappa shape index (κ3) is 6.39. The average molecular weight is 479 g/mol. The van der Waals surface area contributed by atoms with E-state index >= 15 is 0 Å². The number of nitrogens with one attached hydrogen (secondary N) is 1. The van der Waals surface area contributed by atoms with E-state index in [0.29, 0.717) is 5.69 Å². The highest BCUT2D eigenvalue weighted by atomic mass is 32.2. The maximum atomic E-state index is 14.3. The van der Waals surface area contributed by atoms with Gasteiger partial charge in [-0.05, 0) is 48.2 Å². The number of esters is 1. The molecule has 0 aliphatic heterocycles. The first kappa shape index (κ1) is 26.5. The van der Waals surface area contributed by atoms with E-state index in [1.54, 1.807) is 26.0 Å². The van der Waals surface area contributed by atoms with Crippen molar-refractivity contribution in [2.24, 2.45) is 0 Å². The Balaban J connectivity index is 2.14. The molecule has 0 saturated heterocycles. The van der Waals surface area contributed by atoms with E-state index in [9.17, 15) is 22.4 Å². The van der Waals surface area contributed by atoms with Crippen LogP contribution in [0.4, 0.5) is 10.1 Å². The first-order valence-corrected chi connectivity index (χ1v) is 12.2. The Labute approximate surface area is 195 Å². The number of anilines is 1. The highest BCUT2D eigenvalue weighted by Crippen LogP contribution is 2.24. The Bertz CT molecular complexity index is 1100. The topological polar surface area (TPSA) is 92.8 Å². The van der Waals surface area contributed by atoms with Gasteiger partial charge in [-0.25, -0.2) is 17.6 Å². The van der Waals surface area contributed by atoms with Crippen molar-refractivity contribution in [2.75, 3.05) is 18.4 Å². The van der Waals surface area contributed by atoms with Gasteiger partial charge in [0.05, 0.1) is 5.56 Å². The number of hydrogen-bond acceptors (Lipinski definition) is 5. The van der Waals surface area contributed by atoms with Gasteiger partial charge in [0.1, 0.15) is 10.7 Å². The van der Waals surface area contributed by atoms with Crippen LogP contribution >= 0.6 is 0 Å². The Kier molecular flexibility index (Phi) is 8.37. The average Bonchev–Trinajstić information content (AvgIpc) is 2.74. The van der Waals surface area contributed by atoms with Gasteiger partial charge >= 0.3 is 5.97 Å². The number of carbonyl (C=O) groups is 2. The van der Waals surface area contributed by atoms with Crippen LogP contribution in [0.15, 0.2) is 47.4 Å². The second-order valence-electron chi connectivity index (χ2n) is 8.60. The predicted octanol–water partition coefficient (Wildman–Crippen LogP) is 4.34. The van der Waals surface area contributed by atoms with E-state index in [0.717, 1.165) is 28.1 Å². The van der Waals surface area contributed by atoms with Crippen LogP contribution in [0.1, 0.15) is 57.5 Å². The molecule has 2 rings (SSSR count). The van der Waals surface area contributed by atoms with E-state index < -0.39 is 38.7 Å². The zero-order valence-electron chi connectivity index (χ0n) is 19.8. The lowest BCUT2D eigenvalue weighted by Crippen LogP contribution is -2.32. The Morgan fingerprint density at radius 1 is 1.06 bits per heavy atom. The van der Waals surface area contributed by atoms with Gasteiger partial charge in [-0.1, -0.05) is 46.8 Å². The predicted molar refractivity (Wildman–Crippen MR) is 125 cm³/mol. The van der Waals surface area contributed by atoms with Crippen LogP contribution in [0.2, 0.25) is 0 Å². The van der Waals surface area contributed by atoms with Crippen molar-refractivity contribution in [1.82, 2.24) is 4.31 Å². The van der Waals surface area contributed by atoms with E-state index in [-0.39, 0.29) is 24.1 Å². The fraction of sp³-hybridized carbons (Fsp3) is 0.417. The van der Waals surface area contributed by atoms with Gasteiger partial charge < -0.3 is 10.1 Å². The quantitative estimate of drug-likeness (QED) is 0.570. The minimum absolute atomic E-state index is 0.0296. The summed E-state index contributed by atoms with van der Waals surface area (Å²) >= 11 is 0. The first-order chi connectivity index (χ1) is 15.3. The minimum atomic E-state index is -4.12. The zero-order chi connectivity index (χ0) is 25.0. The standard InChI is InChI=1S/C24H31FN2O5S/c1-7-27(8-2)33(30,31)21-15-17(9-14-20(21)25)23(29)32-16(3)22(28)26-19-12-10-18(11-13-19)24(4,5)6/h9-16H,7-8H2,1-6H3,(H,26,28). The largest absolute Gasteiger partial charge is 0.449 e. The molecule has 0 aliphatic rings. The van der Waals surface area contributed by atoms with Crippen LogP contribution in [-0.4, -0.2) is 43.8 Å². The fourth-order valence-electron chi connectivity index (χ4n) is 3.11. The van der Waals surface area contributed by atoms with Gasteiger partial charge in [-0.15, -0.1) is 0 Å². The molecule has 0 aromatic heterocycles. The summed E-state index contributed by atoms with van der Waals surface area (Å²) in [6.07, 6.45) is -1.16. The van der Waals surface area contributed by atoms with Crippen molar-refractivity contribution < 1.29 is 27.1 Å². The highest BCUT2D eigenvalue weighted by Gasteiger charge is 2.27. The summed E-state index contributed by atoms with van der Waals surface area (Å²) in [5.41, 5.74) is 1.45. The molecule has 1 atom stereocenters. The summed E-state index contributed by atoms with van der Waals surface area (Å²) in [5.74, 6) is -2.45. The molecule has 0 saturated carbocycles. The van der Waals surface area contributed by atoms with Gasteiger partial charge in [0, 0.05) is 18.8 Å². The minimum Gasteiger partial charge on any atom is -0.449 e. The number of halogens is 1. The van der Waals surface area contributed by atoms with E-state index in [2.05, 4.69) is 26.1 Å². The SMILES string of the molecule is CCN(CC)S(=O)(=O)c1cc(C(=O)OC(C)C(=O)Nc2ccc(C(C)(C)C)cc2)ccc1F. The van der Waals surface area contributed by atoms with E-state index in [1.165, 1.54) is 6.92 Å². The van der Waals surface area contributed by atoms with Gasteiger partial charge in [-0.2, -0.15) is 4.31 Å². The fourth-order valence-corrected chi connectivity index (χ4v) is 4.66. The number of amides is 1. The van der Waals surface area contributed by atoms with Crippen molar-refractivity contribution in [1.29, 1.82) is 0 Å². The maximum absolute atomic E-state index is 14.3. The van der Waals surface area contributed by atoms with Crippen LogP contribution in [0.5, 0.6) is 0 Å². The molecule has 0 aliphatic carbocycles. The van der Waals surface area contributed by atoms with Crippen LogP contribution in [-0.2, 0) is 25.0 Å². The lowest BCUT2D eigenvalue weighted by atomic mass is 9.87. The molecule has 180 valence electrons. The Morgan fingerprint density at radius 3 is 2.15 bits per heavy atom. The molecule has 2 aromatic carbocycles. The molecular formula is C24H31FN2O5S. The van der Waals surface area contributed by atoms with Crippen molar-refractivity contribution in [3.05, 3.63) is 59.4 Å². The van der Waals surface area contributed by atoms with Crippen LogP contribution < -0.4 is 5.32 Å². The summed E-state index contributed by atoms with van der Waals surface area (Å²) in [6, 6.07) is 10.3. The number of benzene rings is 2. The Morgan fingerprint density at radius 2 is 1.64 bits per heavy atom. The normalized spacial score (nSPS) is 13.0. The molecule has 0 fully saturated rings. The number of nitrogens with zero attached hydrogens (tertiary/aromatic N) is 1. The summed E-state index contributed by atoms with van der Waals surface area (Å²) < 4.78 is 45.9. The number of rotatable bonds is 8. The van der Waals surface area contributed by atoms with Gasteiger partial charge in [0.2, 0.25) is 10.0 Å². The third-order valence-corrected chi connectivity index (χ3v) is 7.23. The van der Waals surface area contributed by atoms with Crippen molar-refractivity contribution in [3.8, 4) is 0 Å². The molecule has 0 spiro atoms. The van der Waals surface area contributed by atoms with Crippen LogP contribution in [0.3, 0.4) is 0 Å². The molecule has 0 radical (unpaired) electrons. The molecule has 0 bridgehead atoms. The Hall–Kier alpha value is -2.78. The summed E-state index contributed by atoms with van der Waals surface area (Å²) in [4.78, 5) is 24.4. The van der Waals surface area contributed by atoms with Crippen LogP contribution in [0, 0.1) is 5.82 Å². The van der Waals surface area contributed by atoms with Gasteiger partial charge in [-0.3, -0.25) is 4.79 Å². The monoisotopic (exact) mass is 478 g/mol. The number of carbonyl (C=O) groups excluding carboxylic acids is 2. The number of hydrogen-bond donors (Lipinski definition) is 1. The molecule has 1 N–H and O–H groups in total. The summed E-state index contributed by atoms with van der Waals surface area (Å²) in [6.45, 7) is 11.2. The highest BCUT2D eigenvalue weighted by molar-refractivity contribution is 7.89. The van der Waals surface area contributed by atoms with Crippen molar-refractivity contribution in [3.63, 3.8) is 0 Å². The molecule has 0 heterocycles. The second kappa shape index (κ2) is 10.4. The van der Waals surface area contributed by atoms with E-state index in [4.69, 9.17) is 4.74 Å². The van der Waals surface area contributed by atoms with E-state index in [1.807, 2.05) is 12.1 Å². The van der Waals surface area contributed by atoms with Gasteiger partial charge in [0.15, 0.2) is 6.10 Å². The first-order valence-electron chi connectivity index (χ1n) is 10.7. The molecular weight excluding hydrogens is 447 g/mol. The molecule has 9 heteroatoms. The molecule has 7 nitrogen and oxygen atoms in total. The molecule has 1 amide bonds. The van der Waals surface area contributed by atoms with Gasteiger partial charge in [0.25, 0.3) is 5.91 Å². The molecule has 2 aromatic rings. The molecule has 1 unspecified atom stereocenters. The third-order valence-electron chi connectivity index (χ3n) is 5.16. The second-order valence-corrected chi connectivity index (χ2v) is 10.5. The van der Waals surface area contributed by atoms with Crippen molar-refractivity contribution >= 4 is 27.6 Å². The van der Waals surface area contributed by atoms with Crippen LogP contribution in [0.25, 0.3) is 0 Å². The smallest absolute Gasteiger partial charge is 0.338 e. The van der Waals surface area contributed by atoms with Crippen molar-refractivity contribution in [2.45, 2.75) is 58.0 Å². The zero-order valence-corrected chi connectivity index (χ0v) is 20.6. The molecule has 33 heavy (non-hydrogen) atoms. The maximum Gasteiger partial charge on any atom is 0.338 e. The number of sulfonamides is 1. The summed E-state index contributed by atoms with van der Waals surface area (Å²) in [7, 11) is -4.12. The lowest BCUT2D eigenvalue weighted by molar-refractivity contribution is -0.123. The number of ether oxygens (including phenoxy) is 1. The lowest BCUT2D eigenvalue weighted by Gasteiger charge is -2.20. The summed E-state index contributed by atoms with van der Waals surface area (Å²) in [5, 5.41) is 2.67.